The van der Waals surface area contributed by atoms with Crippen molar-refractivity contribution in [1.82, 2.24) is 9.44 Å². The van der Waals surface area contributed by atoms with E-state index in [0.717, 1.165) is 5.56 Å². The molecular weight excluding hydrogens is 336 g/mol. The first-order chi connectivity index (χ1) is 11.0. The molecule has 0 saturated carbocycles. The fraction of sp³-hybridized carbons (Fsp3) is 0.467. The molecule has 9 heteroatoms. The first-order valence-corrected chi connectivity index (χ1v) is 8.76. The van der Waals surface area contributed by atoms with E-state index in [1.807, 2.05) is 22.9 Å². The predicted molar refractivity (Wildman–Crippen MR) is 87.6 cm³/mol. The second-order valence-electron chi connectivity index (χ2n) is 6.14. The lowest BCUT2D eigenvalue weighted by atomic mass is 10.1. The van der Waals surface area contributed by atoms with Gasteiger partial charge in [-0.15, -0.1) is 0 Å². The van der Waals surface area contributed by atoms with E-state index in [1.54, 1.807) is 37.6 Å². The molecule has 0 fully saturated rings. The number of hydrogen-bond donors (Lipinski definition) is 3. The summed E-state index contributed by atoms with van der Waals surface area (Å²) in [6.45, 7) is 4.73. The molecule has 1 aromatic carbocycles. The summed E-state index contributed by atoms with van der Waals surface area (Å²) in [5.41, 5.74) is 0.00194. The van der Waals surface area contributed by atoms with Gasteiger partial charge in [0.1, 0.15) is 11.6 Å². The summed E-state index contributed by atoms with van der Waals surface area (Å²) in [5, 5.41) is 9.16. The zero-order valence-electron chi connectivity index (χ0n) is 13.8. The van der Waals surface area contributed by atoms with Gasteiger partial charge in [-0.25, -0.2) is 9.52 Å². The van der Waals surface area contributed by atoms with Crippen LogP contribution >= 0.6 is 0 Å². The van der Waals surface area contributed by atoms with Crippen LogP contribution < -0.4 is 9.44 Å². The second kappa shape index (κ2) is 8.11. The zero-order valence-corrected chi connectivity index (χ0v) is 14.6. The van der Waals surface area contributed by atoms with Crippen LogP contribution in [-0.2, 0) is 26.2 Å². The van der Waals surface area contributed by atoms with Gasteiger partial charge in [0.2, 0.25) is 0 Å². The molecule has 1 amide bonds. The van der Waals surface area contributed by atoms with E-state index in [-0.39, 0.29) is 6.42 Å². The van der Waals surface area contributed by atoms with E-state index in [1.165, 1.54) is 0 Å². The van der Waals surface area contributed by atoms with Gasteiger partial charge in [-0.1, -0.05) is 30.3 Å². The van der Waals surface area contributed by atoms with Gasteiger partial charge < -0.3 is 9.84 Å². The van der Waals surface area contributed by atoms with Gasteiger partial charge in [0.05, 0.1) is 0 Å². The van der Waals surface area contributed by atoms with Gasteiger partial charge in [0.15, 0.2) is 0 Å². The van der Waals surface area contributed by atoms with Crippen molar-refractivity contribution in [1.29, 1.82) is 0 Å². The number of aliphatic carboxylic acids is 1. The summed E-state index contributed by atoms with van der Waals surface area (Å²) in [5.74, 6) is -1.33. The quantitative estimate of drug-likeness (QED) is 0.678. The molecular formula is C15H22N2O6S. The van der Waals surface area contributed by atoms with Crippen LogP contribution in [0.5, 0.6) is 0 Å². The van der Waals surface area contributed by atoms with Crippen LogP contribution in [0.4, 0.5) is 4.79 Å². The third kappa shape index (κ3) is 7.93. The molecule has 0 spiro atoms. The molecule has 0 aliphatic carbocycles. The maximum absolute atomic E-state index is 11.9. The Balaban J connectivity index is 2.66. The maximum atomic E-state index is 11.9. The number of carbonyl (C=O) groups is 2. The number of rotatable bonds is 7. The van der Waals surface area contributed by atoms with Crippen LogP contribution in [0.3, 0.4) is 0 Å². The van der Waals surface area contributed by atoms with Crippen molar-refractivity contribution in [2.75, 3.05) is 0 Å². The standard InChI is InChI=1S/C15H22N2O6S/c1-15(2,3)23-14(20)17-24(21,22)16-12(13(18)19)10-9-11-7-5-4-6-8-11/h4-8,12,16H,9-10H2,1-3H3,(H,17,20)(H,18,19)/t12-/m1/s1. The molecule has 0 radical (unpaired) electrons. The lowest BCUT2D eigenvalue weighted by molar-refractivity contribution is -0.139. The number of hydrogen-bond acceptors (Lipinski definition) is 5. The highest BCUT2D eigenvalue weighted by Gasteiger charge is 2.27. The Bertz CT molecular complexity index is 667. The van der Waals surface area contributed by atoms with Crippen molar-refractivity contribution in [3.05, 3.63) is 35.9 Å². The van der Waals surface area contributed by atoms with Gasteiger partial charge in [-0.3, -0.25) is 4.79 Å². The first-order valence-electron chi connectivity index (χ1n) is 7.28. The lowest BCUT2D eigenvalue weighted by Gasteiger charge is -2.20. The molecule has 24 heavy (non-hydrogen) atoms. The van der Waals surface area contributed by atoms with Crippen molar-refractivity contribution < 1.29 is 27.9 Å². The SMILES string of the molecule is CC(C)(C)OC(=O)NS(=O)(=O)N[C@H](CCc1ccccc1)C(=O)O. The van der Waals surface area contributed by atoms with Gasteiger partial charge in [0, 0.05) is 0 Å². The van der Waals surface area contributed by atoms with E-state index >= 15 is 0 Å². The fourth-order valence-electron chi connectivity index (χ4n) is 1.81. The van der Waals surface area contributed by atoms with E-state index < -0.39 is 33.9 Å². The summed E-state index contributed by atoms with van der Waals surface area (Å²) in [6, 6.07) is 7.69. The van der Waals surface area contributed by atoms with Crippen LogP contribution in [0.15, 0.2) is 30.3 Å². The minimum atomic E-state index is -4.36. The summed E-state index contributed by atoms with van der Waals surface area (Å²) in [6.07, 6.45) is -0.774. The second-order valence-corrected chi connectivity index (χ2v) is 7.59. The lowest BCUT2D eigenvalue weighted by Crippen LogP contribution is -2.49. The first kappa shape index (κ1) is 19.9. The predicted octanol–water partition coefficient (Wildman–Crippen LogP) is 1.43. The molecule has 1 atom stereocenters. The topological polar surface area (TPSA) is 122 Å². The number of nitrogens with one attached hydrogen (secondary N) is 2. The highest BCUT2D eigenvalue weighted by Crippen LogP contribution is 2.08. The Hall–Kier alpha value is -2.13. The normalized spacial score (nSPS) is 13.1. The molecule has 0 aliphatic heterocycles. The average molecular weight is 358 g/mol. The Morgan fingerprint density at radius 3 is 2.29 bits per heavy atom. The molecule has 0 bridgehead atoms. The van der Waals surface area contributed by atoms with Gasteiger partial charge in [0.25, 0.3) is 0 Å². The molecule has 134 valence electrons. The Kier molecular flexibility index (Phi) is 6.73. The minimum Gasteiger partial charge on any atom is -0.480 e. The Morgan fingerprint density at radius 2 is 1.79 bits per heavy atom. The number of amides is 1. The number of carboxylic acid groups (broad SMARTS) is 1. The van der Waals surface area contributed by atoms with E-state index in [2.05, 4.69) is 0 Å². The third-order valence-electron chi connectivity index (χ3n) is 2.78. The third-order valence-corrected chi connectivity index (χ3v) is 3.81. The highest BCUT2D eigenvalue weighted by atomic mass is 32.2. The van der Waals surface area contributed by atoms with E-state index in [0.29, 0.717) is 6.42 Å². The molecule has 0 heterocycles. The minimum absolute atomic E-state index is 0.0363. The van der Waals surface area contributed by atoms with E-state index in [9.17, 15) is 18.0 Å². The van der Waals surface area contributed by atoms with Crippen molar-refractivity contribution in [2.45, 2.75) is 45.3 Å². The molecule has 3 N–H and O–H groups in total. The molecule has 0 unspecified atom stereocenters. The van der Waals surface area contributed by atoms with Crippen LogP contribution in [0.2, 0.25) is 0 Å². The highest BCUT2D eigenvalue weighted by molar-refractivity contribution is 7.88. The van der Waals surface area contributed by atoms with Crippen LogP contribution in [0.1, 0.15) is 32.8 Å². The molecule has 1 rings (SSSR count). The molecule has 0 aliphatic rings. The van der Waals surface area contributed by atoms with Crippen LogP contribution in [0.25, 0.3) is 0 Å². The Morgan fingerprint density at radius 1 is 1.21 bits per heavy atom. The van der Waals surface area contributed by atoms with Gasteiger partial charge in [-0.05, 0) is 39.2 Å². The van der Waals surface area contributed by atoms with Crippen molar-refractivity contribution in [2.24, 2.45) is 0 Å². The number of aryl methyl sites for hydroxylation is 1. The summed E-state index contributed by atoms with van der Waals surface area (Å²) >= 11 is 0. The number of ether oxygens (including phenoxy) is 1. The van der Waals surface area contributed by atoms with Crippen molar-refractivity contribution >= 4 is 22.3 Å². The molecule has 0 saturated heterocycles. The zero-order chi connectivity index (χ0) is 18.4. The number of benzene rings is 1. The molecule has 0 aromatic heterocycles. The largest absolute Gasteiger partial charge is 0.480 e. The monoisotopic (exact) mass is 358 g/mol. The summed E-state index contributed by atoms with van der Waals surface area (Å²) < 4.78 is 32.1. The smallest absolute Gasteiger partial charge is 0.422 e. The van der Waals surface area contributed by atoms with Crippen LogP contribution in [0, 0.1) is 0 Å². The van der Waals surface area contributed by atoms with Crippen molar-refractivity contribution in [3.63, 3.8) is 0 Å². The average Bonchev–Trinajstić information content (AvgIpc) is 2.41. The van der Waals surface area contributed by atoms with Gasteiger partial charge >= 0.3 is 22.3 Å². The maximum Gasteiger partial charge on any atom is 0.422 e. The summed E-state index contributed by atoms with van der Waals surface area (Å²) in [7, 11) is -4.36. The van der Waals surface area contributed by atoms with Crippen LogP contribution in [-0.4, -0.2) is 37.2 Å². The Labute approximate surface area is 141 Å². The number of carboxylic acids is 1. The molecule has 1 aromatic rings. The van der Waals surface area contributed by atoms with Crippen molar-refractivity contribution in [3.8, 4) is 0 Å². The number of carbonyl (C=O) groups excluding carboxylic acids is 1. The summed E-state index contributed by atoms with van der Waals surface area (Å²) in [4.78, 5) is 22.7. The molecule has 8 nitrogen and oxygen atoms in total. The fourth-order valence-corrected chi connectivity index (χ4v) is 2.73. The van der Waals surface area contributed by atoms with E-state index in [4.69, 9.17) is 9.84 Å². The van der Waals surface area contributed by atoms with Gasteiger partial charge in [-0.2, -0.15) is 13.1 Å².